The van der Waals surface area contributed by atoms with Gasteiger partial charge in [0.25, 0.3) is 10.0 Å². The van der Waals surface area contributed by atoms with Crippen LogP contribution in [0.25, 0.3) is 0 Å². The molecule has 0 radical (unpaired) electrons. The number of hydrogen-bond acceptors (Lipinski definition) is 6. The van der Waals surface area contributed by atoms with Crippen LogP contribution in [-0.4, -0.2) is 38.9 Å². The lowest BCUT2D eigenvalue weighted by molar-refractivity contribution is -0.117. The van der Waals surface area contributed by atoms with Gasteiger partial charge in [-0.1, -0.05) is 18.2 Å². The van der Waals surface area contributed by atoms with Gasteiger partial charge < -0.3 is 9.80 Å². The average molecular weight is 469 g/mol. The second-order valence-electron chi connectivity index (χ2n) is 8.04. The average Bonchev–Trinajstić information content (AvgIpc) is 3.31. The standard InChI is InChI=1S/C23H24N4O3S2/c28-22(16-26-12-3-6-17-5-1-2-8-20(17)26)27-13-4-7-18-15-19(9-10-21(18)27)32(29,30)25-23-24-11-14-31-23/h1-2,5,8-11,14-15H,3-4,6-7,12-13,16H2,(H,24,25). The molecule has 1 N–H and O–H groups in total. The molecule has 0 bridgehead atoms. The van der Waals surface area contributed by atoms with Crippen molar-refractivity contribution in [2.75, 3.05) is 34.2 Å². The molecule has 3 heterocycles. The molecular weight excluding hydrogens is 444 g/mol. The Hall–Kier alpha value is -2.91. The summed E-state index contributed by atoms with van der Waals surface area (Å²) in [6.07, 6.45) is 5.18. The number of hydrogen-bond donors (Lipinski definition) is 1. The van der Waals surface area contributed by atoms with Crippen molar-refractivity contribution >= 4 is 43.8 Å². The minimum absolute atomic E-state index is 0.0409. The lowest BCUT2D eigenvalue weighted by Crippen LogP contribution is -2.44. The van der Waals surface area contributed by atoms with Gasteiger partial charge in [0.2, 0.25) is 5.91 Å². The van der Waals surface area contributed by atoms with E-state index in [1.54, 1.807) is 34.7 Å². The Bertz CT molecular complexity index is 1240. The largest absolute Gasteiger partial charge is 0.362 e. The molecule has 0 atom stereocenters. The van der Waals surface area contributed by atoms with Gasteiger partial charge in [-0.25, -0.2) is 13.4 Å². The van der Waals surface area contributed by atoms with Gasteiger partial charge in [-0.3, -0.25) is 9.52 Å². The minimum Gasteiger partial charge on any atom is -0.362 e. The second kappa shape index (κ2) is 8.55. The Morgan fingerprint density at radius 1 is 1.03 bits per heavy atom. The van der Waals surface area contributed by atoms with Crippen molar-refractivity contribution in [2.45, 2.75) is 30.6 Å². The van der Waals surface area contributed by atoms with Crippen molar-refractivity contribution in [3.63, 3.8) is 0 Å². The van der Waals surface area contributed by atoms with E-state index in [1.807, 2.05) is 12.1 Å². The van der Waals surface area contributed by atoms with Crippen LogP contribution < -0.4 is 14.5 Å². The van der Waals surface area contributed by atoms with Crippen LogP contribution in [0.4, 0.5) is 16.5 Å². The maximum atomic E-state index is 13.3. The molecule has 9 heteroatoms. The zero-order valence-electron chi connectivity index (χ0n) is 17.5. The number of thiazole rings is 1. The molecule has 2 aliphatic rings. The summed E-state index contributed by atoms with van der Waals surface area (Å²) in [7, 11) is -3.72. The lowest BCUT2D eigenvalue weighted by atomic mass is 10.0. The number of amides is 1. The van der Waals surface area contributed by atoms with Gasteiger partial charge in [0.05, 0.1) is 11.4 Å². The van der Waals surface area contributed by atoms with E-state index in [1.165, 1.54) is 16.9 Å². The van der Waals surface area contributed by atoms with Crippen molar-refractivity contribution in [3.05, 3.63) is 65.2 Å². The third-order valence-corrected chi connectivity index (χ3v) is 8.12. The molecule has 0 saturated carbocycles. The van der Waals surface area contributed by atoms with E-state index in [4.69, 9.17) is 0 Å². The highest BCUT2D eigenvalue weighted by Gasteiger charge is 2.27. The van der Waals surface area contributed by atoms with Gasteiger partial charge in [0, 0.05) is 36.0 Å². The first-order chi connectivity index (χ1) is 15.5. The van der Waals surface area contributed by atoms with E-state index < -0.39 is 10.0 Å². The van der Waals surface area contributed by atoms with Gasteiger partial charge in [-0.2, -0.15) is 0 Å². The topological polar surface area (TPSA) is 82.6 Å². The number of para-hydroxylation sites is 1. The fraction of sp³-hybridized carbons (Fsp3) is 0.304. The van der Waals surface area contributed by atoms with E-state index in [2.05, 4.69) is 26.7 Å². The minimum atomic E-state index is -3.72. The predicted molar refractivity (Wildman–Crippen MR) is 127 cm³/mol. The van der Waals surface area contributed by atoms with Gasteiger partial charge >= 0.3 is 0 Å². The quantitative estimate of drug-likeness (QED) is 0.618. The van der Waals surface area contributed by atoms with Crippen LogP contribution >= 0.6 is 11.3 Å². The van der Waals surface area contributed by atoms with Crippen LogP contribution in [0.5, 0.6) is 0 Å². The number of sulfonamides is 1. The van der Waals surface area contributed by atoms with Crippen LogP contribution in [0.15, 0.2) is 58.9 Å². The van der Waals surface area contributed by atoms with E-state index in [0.717, 1.165) is 49.2 Å². The van der Waals surface area contributed by atoms with Crippen LogP contribution in [-0.2, 0) is 27.7 Å². The van der Waals surface area contributed by atoms with Crippen LogP contribution in [0.3, 0.4) is 0 Å². The molecule has 0 aliphatic carbocycles. The summed E-state index contributed by atoms with van der Waals surface area (Å²) in [4.78, 5) is 21.4. The third-order valence-electron chi connectivity index (χ3n) is 5.97. The molecule has 0 spiro atoms. The molecule has 7 nitrogen and oxygen atoms in total. The van der Waals surface area contributed by atoms with Crippen molar-refractivity contribution in [3.8, 4) is 0 Å². The molecule has 0 fully saturated rings. The Morgan fingerprint density at radius 2 is 1.84 bits per heavy atom. The maximum absolute atomic E-state index is 13.3. The van der Waals surface area contributed by atoms with E-state index in [-0.39, 0.29) is 10.8 Å². The molecule has 1 amide bonds. The number of nitrogens with one attached hydrogen (secondary N) is 1. The van der Waals surface area contributed by atoms with Gasteiger partial charge in [-0.15, -0.1) is 11.3 Å². The number of carbonyl (C=O) groups is 1. The fourth-order valence-corrected chi connectivity index (χ4v) is 6.31. The molecule has 0 unspecified atom stereocenters. The molecule has 2 aliphatic heterocycles. The first kappa shape index (κ1) is 21.0. The summed E-state index contributed by atoms with van der Waals surface area (Å²) in [6, 6.07) is 13.3. The molecule has 0 saturated heterocycles. The SMILES string of the molecule is O=C(CN1CCCc2ccccc21)N1CCCc2cc(S(=O)(=O)Nc3nccs3)ccc21. The molecule has 5 rings (SSSR count). The number of aromatic nitrogens is 1. The summed E-state index contributed by atoms with van der Waals surface area (Å²) in [5.74, 6) is 0.0409. The maximum Gasteiger partial charge on any atom is 0.263 e. The summed E-state index contributed by atoms with van der Waals surface area (Å²) in [5.41, 5.74) is 4.11. The van der Waals surface area contributed by atoms with E-state index in [0.29, 0.717) is 18.2 Å². The third kappa shape index (κ3) is 4.10. The van der Waals surface area contributed by atoms with Crippen LogP contribution in [0, 0.1) is 0 Å². The summed E-state index contributed by atoms with van der Waals surface area (Å²) in [5, 5.41) is 2.05. The van der Waals surface area contributed by atoms with Crippen molar-refractivity contribution in [1.82, 2.24) is 4.98 Å². The van der Waals surface area contributed by atoms with Gasteiger partial charge in [0.15, 0.2) is 5.13 Å². The van der Waals surface area contributed by atoms with E-state index in [9.17, 15) is 13.2 Å². The lowest BCUT2D eigenvalue weighted by Gasteiger charge is -2.35. The second-order valence-corrected chi connectivity index (χ2v) is 10.6. The molecule has 32 heavy (non-hydrogen) atoms. The number of rotatable bonds is 5. The number of anilines is 3. The monoisotopic (exact) mass is 468 g/mol. The van der Waals surface area contributed by atoms with Crippen LogP contribution in [0.2, 0.25) is 0 Å². The summed E-state index contributed by atoms with van der Waals surface area (Å²) >= 11 is 1.23. The highest BCUT2D eigenvalue weighted by molar-refractivity contribution is 7.93. The van der Waals surface area contributed by atoms with E-state index >= 15 is 0 Å². The van der Waals surface area contributed by atoms with Gasteiger partial charge in [0.1, 0.15) is 0 Å². The predicted octanol–water partition coefficient (Wildman–Crippen LogP) is 3.68. The Labute approximate surface area is 191 Å². The number of nitrogens with zero attached hydrogens (tertiary/aromatic N) is 3. The molecular formula is C23H24N4O3S2. The Kier molecular flexibility index (Phi) is 5.60. The molecule has 3 aromatic rings. The first-order valence-electron chi connectivity index (χ1n) is 10.7. The molecule has 2 aromatic carbocycles. The summed E-state index contributed by atoms with van der Waals surface area (Å²) in [6.45, 7) is 1.83. The first-order valence-corrected chi connectivity index (χ1v) is 13.1. The highest BCUT2D eigenvalue weighted by atomic mass is 32.2. The normalized spacial score (nSPS) is 15.8. The van der Waals surface area contributed by atoms with Crippen molar-refractivity contribution in [1.29, 1.82) is 0 Å². The molecule has 166 valence electrons. The highest BCUT2D eigenvalue weighted by Crippen LogP contribution is 2.32. The zero-order valence-corrected chi connectivity index (χ0v) is 19.2. The Balaban J connectivity index is 1.37. The number of carbonyl (C=O) groups excluding carboxylic acids is 1. The van der Waals surface area contributed by atoms with Gasteiger partial charge in [-0.05, 0) is 61.1 Å². The number of benzene rings is 2. The van der Waals surface area contributed by atoms with Crippen molar-refractivity contribution in [2.24, 2.45) is 0 Å². The smallest absolute Gasteiger partial charge is 0.263 e. The Morgan fingerprint density at radius 3 is 2.69 bits per heavy atom. The zero-order chi connectivity index (χ0) is 22.1. The van der Waals surface area contributed by atoms with Crippen molar-refractivity contribution < 1.29 is 13.2 Å². The number of fused-ring (bicyclic) bond motifs is 2. The van der Waals surface area contributed by atoms with Crippen LogP contribution in [0.1, 0.15) is 24.0 Å². The fourth-order valence-electron chi connectivity index (χ4n) is 4.47. The summed E-state index contributed by atoms with van der Waals surface area (Å²) < 4.78 is 28.0. The number of aryl methyl sites for hydroxylation is 2. The molecule has 1 aromatic heterocycles.